The number of rotatable bonds is 3. The molecule has 1 amide bonds. The number of benzene rings is 1. The van der Waals surface area contributed by atoms with Crippen LogP contribution in [-0.4, -0.2) is 28.8 Å². The molecule has 0 aliphatic heterocycles. The minimum atomic E-state index is -0.377. The monoisotopic (exact) mass is 209 g/mol. The van der Waals surface area contributed by atoms with Gasteiger partial charge in [-0.15, -0.1) is 0 Å². The third kappa shape index (κ3) is 2.95. The molecule has 0 spiro atoms. The third-order valence-corrected chi connectivity index (χ3v) is 2.05. The molecule has 0 unspecified atom stereocenters. The van der Waals surface area contributed by atoms with Crippen LogP contribution in [0.3, 0.4) is 0 Å². The number of amides is 1. The highest BCUT2D eigenvalue weighted by Gasteiger charge is 2.12. The minimum Gasteiger partial charge on any atom is -0.507 e. The Balaban J connectivity index is 2.86. The van der Waals surface area contributed by atoms with E-state index in [1.165, 1.54) is 6.07 Å². The fourth-order valence-corrected chi connectivity index (χ4v) is 1.18. The van der Waals surface area contributed by atoms with Crippen LogP contribution in [0.1, 0.15) is 22.8 Å². The van der Waals surface area contributed by atoms with Gasteiger partial charge in [0.15, 0.2) is 0 Å². The van der Waals surface area contributed by atoms with Crippen LogP contribution in [0.2, 0.25) is 0 Å². The van der Waals surface area contributed by atoms with Gasteiger partial charge in [0.1, 0.15) is 5.75 Å². The fourth-order valence-electron chi connectivity index (χ4n) is 1.18. The Hall–Kier alpha value is -1.55. The van der Waals surface area contributed by atoms with E-state index >= 15 is 0 Å². The van der Waals surface area contributed by atoms with E-state index < -0.39 is 0 Å². The number of aliphatic hydroxyl groups is 1. The predicted octanol–water partition coefficient (Wildman–Crippen LogP) is 0.811. The van der Waals surface area contributed by atoms with E-state index in [-0.39, 0.29) is 29.9 Å². The number of aromatic hydroxyl groups is 1. The second kappa shape index (κ2) is 4.79. The summed E-state index contributed by atoms with van der Waals surface area (Å²) < 4.78 is 0. The molecule has 15 heavy (non-hydrogen) atoms. The van der Waals surface area contributed by atoms with Gasteiger partial charge in [-0.05, 0) is 26.0 Å². The number of carbonyl (C=O) groups is 1. The lowest BCUT2D eigenvalue weighted by atomic mass is 10.1. The van der Waals surface area contributed by atoms with Gasteiger partial charge in [0.05, 0.1) is 12.2 Å². The van der Waals surface area contributed by atoms with Gasteiger partial charge in [-0.2, -0.15) is 0 Å². The van der Waals surface area contributed by atoms with Crippen molar-refractivity contribution in [3.63, 3.8) is 0 Å². The Kier molecular flexibility index (Phi) is 3.68. The number of hydrogen-bond donors (Lipinski definition) is 3. The molecule has 82 valence electrons. The predicted molar refractivity (Wildman–Crippen MR) is 56.9 cm³/mol. The highest BCUT2D eigenvalue weighted by atomic mass is 16.3. The molecular weight excluding hydrogens is 194 g/mol. The first-order valence-electron chi connectivity index (χ1n) is 4.76. The Morgan fingerprint density at radius 2 is 2.20 bits per heavy atom. The summed E-state index contributed by atoms with van der Waals surface area (Å²) in [6, 6.07) is 4.49. The summed E-state index contributed by atoms with van der Waals surface area (Å²) >= 11 is 0. The van der Waals surface area contributed by atoms with Crippen molar-refractivity contribution in [1.82, 2.24) is 5.32 Å². The number of aryl methyl sites for hydroxylation is 1. The molecule has 0 saturated carbocycles. The van der Waals surface area contributed by atoms with Crippen molar-refractivity contribution >= 4 is 5.91 Å². The van der Waals surface area contributed by atoms with Gasteiger partial charge in [-0.3, -0.25) is 4.79 Å². The molecule has 4 heteroatoms. The number of phenolic OH excluding ortho intramolecular Hbond substituents is 1. The highest BCUT2D eigenvalue weighted by Crippen LogP contribution is 2.17. The van der Waals surface area contributed by atoms with E-state index in [9.17, 15) is 9.90 Å². The van der Waals surface area contributed by atoms with Crippen LogP contribution < -0.4 is 5.32 Å². The van der Waals surface area contributed by atoms with Crippen LogP contribution in [-0.2, 0) is 0 Å². The Morgan fingerprint density at radius 3 is 2.80 bits per heavy atom. The van der Waals surface area contributed by atoms with Gasteiger partial charge in [0, 0.05) is 6.04 Å². The maximum absolute atomic E-state index is 11.6. The molecule has 0 aliphatic carbocycles. The number of aliphatic hydroxyl groups excluding tert-OH is 1. The molecule has 1 aromatic rings. The maximum Gasteiger partial charge on any atom is 0.255 e. The van der Waals surface area contributed by atoms with Crippen LogP contribution in [0.5, 0.6) is 5.75 Å². The second-order valence-corrected chi connectivity index (χ2v) is 3.58. The van der Waals surface area contributed by atoms with E-state index in [0.717, 1.165) is 5.56 Å². The Bertz CT molecular complexity index is 363. The molecule has 0 aromatic heterocycles. The van der Waals surface area contributed by atoms with Gasteiger partial charge >= 0.3 is 0 Å². The molecule has 0 bridgehead atoms. The van der Waals surface area contributed by atoms with Crippen LogP contribution in [0.4, 0.5) is 0 Å². The number of nitrogens with one attached hydrogen (secondary N) is 1. The van der Waals surface area contributed by atoms with E-state index in [4.69, 9.17) is 5.11 Å². The van der Waals surface area contributed by atoms with Crippen LogP contribution in [0.15, 0.2) is 18.2 Å². The number of hydrogen-bond acceptors (Lipinski definition) is 3. The summed E-state index contributed by atoms with van der Waals surface area (Å²) in [4.78, 5) is 11.6. The topological polar surface area (TPSA) is 69.6 Å². The summed E-state index contributed by atoms with van der Waals surface area (Å²) in [5, 5.41) is 20.8. The number of phenols is 1. The quantitative estimate of drug-likeness (QED) is 0.690. The average molecular weight is 209 g/mol. The zero-order chi connectivity index (χ0) is 11.4. The summed E-state index contributed by atoms with van der Waals surface area (Å²) in [7, 11) is 0. The molecule has 0 aliphatic rings. The van der Waals surface area contributed by atoms with Crippen molar-refractivity contribution in [3.05, 3.63) is 29.3 Å². The molecule has 0 fully saturated rings. The van der Waals surface area contributed by atoms with Crippen molar-refractivity contribution in [2.45, 2.75) is 19.9 Å². The lowest BCUT2D eigenvalue weighted by Gasteiger charge is -2.11. The summed E-state index contributed by atoms with van der Waals surface area (Å²) in [6.07, 6.45) is 0. The molecule has 0 saturated heterocycles. The van der Waals surface area contributed by atoms with Gasteiger partial charge in [0.2, 0.25) is 0 Å². The zero-order valence-electron chi connectivity index (χ0n) is 8.82. The first-order chi connectivity index (χ1) is 7.04. The van der Waals surface area contributed by atoms with Gasteiger partial charge in [-0.1, -0.05) is 11.6 Å². The minimum absolute atomic E-state index is 0.0526. The molecule has 1 atom stereocenters. The molecule has 0 heterocycles. The molecule has 4 nitrogen and oxygen atoms in total. The van der Waals surface area contributed by atoms with E-state index in [2.05, 4.69) is 5.32 Å². The Morgan fingerprint density at radius 1 is 1.53 bits per heavy atom. The van der Waals surface area contributed by atoms with Crippen molar-refractivity contribution in [2.24, 2.45) is 0 Å². The van der Waals surface area contributed by atoms with Crippen LogP contribution in [0, 0.1) is 6.92 Å². The summed E-state index contributed by atoms with van der Waals surface area (Å²) in [6.45, 7) is 3.40. The lowest BCUT2D eigenvalue weighted by molar-refractivity contribution is 0.0919. The van der Waals surface area contributed by atoms with Gasteiger partial charge < -0.3 is 15.5 Å². The van der Waals surface area contributed by atoms with Crippen molar-refractivity contribution in [3.8, 4) is 5.75 Å². The largest absolute Gasteiger partial charge is 0.507 e. The third-order valence-electron chi connectivity index (χ3n) is 2.05. The van der Waals surface area contributed by atoms with Crippen LogP contribution >= 0.6 is 0 Å². The highest BCUT2D eigenvalue weighted by molar-refractivity contribution is 5.97. The number of carbonyl (C=O) groups excluding carboxylic acids is 1. The average Bonchev–Trinajstić information content (AvgIpc) is 2.21. The van der Waals surface area contributed by atoms with E-state index in [1.54, 1.807) is 19.1 Å². The molecule has 0 radical (unpaired) electrons. The molecule has 1 rings (SSSR count). The maximum atomic E-state index is 11.6. The summed E-state index contributed by atoms with van der Waals surface area (Å²) in [5.41, 5.74) is 1.13. The van der Waals surface area contributed by atoms with Crippen molar-refractivity contribution in [1.29, 1.82) is 0 Å². The lowest BCUT2D eigenvalue weighted by Crippen LogP contribution is -2.35. The zero-order valence-corrected chi connectivity index (χ0v) is 8.82. The van der Waals surface area contributed by atoms with Gasteiger partial charge in [0.25, 0.3) is 5.91 Å². The normalized spacial score (nSPS) is 12.2. The van der Waals surface area contributed by atoms with Crippen LogP contribution in [0.25, 0.3) is 0 Å². The van der Waals surface area contributed by atoms with Gasteiger partial charge in [-0.25, -0.2) is 0 Å². The van der Waals surface area contributed by atoms with Crippen molar-refractivity contribution in [2.75, 3.05) is 6.61 Å². The van der Waals surface area contributed by atoms with E-state index in [0.29, 0.717) is 0 Å². The SMILES string of the molecule is Cc1ccc(O)c(C(=O)N[C@@H](C)CO)c1. The van der Waals surface area contributed by atoms with Crippen molar-refractivity contribution < 1.29 is 15.0 Å². The second-order valence-electron chi connectivity index (χ2n) is 3.58. The first-order valence-corrected chi connectivity index (χ1v) is 4.76. The van der Waals surface area contributed by atoms with E-state index in [1.807, 2.05) is 6.92 Å². The smallest absolute Gasteiger partial charge is 0.255 e. The Labute approximate surface area is 88.6 Å². The first kappa shape index (κ1) is 11.5. The molecule has 3 N–H and O–H groups in total. The standard InChI is InChI=1S/C11H15NO3/c1-7-3-4-10(14)9(5-7)11(15)12-8(2)6-13/h3-5,8,13-14H,6H2,1-2H3,(H,12,15)/t8-/m0/s1. The summed E-state index contributed by atoms with van der Waals surface area (Å²) in [5.74, 6) is -0.430. The molecular formula is C11H15NO3. The fraction of sp³-hybridized carbons (Fsp3) is 0.364. The molecule has 1 aromatic carbocycles.